The van der Waals surface area contributed by atoms with Crippen molar-refractivity contribution in [2.45, 2.75) is 57.5 Å². The molecule has 1 aliphatic rings. The monoisotopic (exact) mass is 516 g/mol. The lowest BCUT2D eigenvalue weighted by Crippen LogP contribution is -2.48. The van der Waals surface area contributed by atoms with Gasteiger partial charge in [-0.05, 0) is 61.0 Å². The van der Waals surface area contributed by atoms with Crippen LogP contribution in [0.5, 0.6) is 0 Å². The fourth-order valence-corrected chi connectivity index (χ4v) is 5.51. The number of anilines is 1. The van der Waals surface area contributed by atoms with Crippen molar-refractivity contribution in [2.24, 2.45) is 0 Å². The largest absolute Gasteiger partial charge is 0.351 e. The molecule has 0 radical (unpaired) electrons. The SMILES string of the molecule is Cc1cccc(N(C(=O)Cc2cccs2)C(C(=O)NC2CCCCC2)c2c(F)ccc(F)c2Cl)c1. The Labute approximate surface area is 212 Å². The van der Waals surface area contributed by atoms with Crippen LogP contribution in [-0.2, 0) is 16.0 Å². The van der Waals surface area contributed by atoms with Gasteiger partial charge in [0.25, 0.3) is 0 Å². The van der Waals surface area contributed by atoms with Crippen molar-refractivity contribution in [1.29, 1.82) is 0 Å². The zero-order chi connectivity index (χ0) is 24.9. The lowest BCUT2D eigenvalue weighted by Gasteiger charge is -2.34. The summed E-state index contributed by atoms with van der Waals surface area (Å²) in [6, 6.07) is 11.0. The van der Waals surface area contributed by atoms with Crippen LogP contribution in [0.1, 0.15) is 54.1 Å². The van der Waals surface area contributed by atoms with Gasteiger partial charge in [-0.15, -0.1) is 11.3 Å². The molecule has 1 aromatic heterocycles. The first kappa shape index (κ1) is 25.3. The van der Waals surface area contributed by atoms with E-state index in [1.807, 2.05) is 30.5 Å². The van der Waals surface area contributed by atoms with Crippen LogP contribution in [0.4, 0.5) is 14.5 Å². The zero-order valence-corrected chi connectivity index (χ0v) is 21.0. The van der Waals surface area contributed by atoms with Gasteiger partial charge >= 0.3 is 0 Å². The summed E-state index contributed by atoms with van der Waals surface area (Å²) in [7, 11) is 0. The van der Waals surface area contributed by atoms with Gasteiger partial charge in [-0.3, -0.25) is 14.5 Å². The summed E-state index contributed by atoms with van der Waals surface area (Å²) in [4.78, 5) is 29.6. The maximum absolute atomic E-state index is 15.2. The summed E-state index contributed by atoms with van der Waals surface area (Å²) in [5, 5.41) is 4.34. The van der Waals surface area contributed by atoms with E-state index < -0.39 is 34.5 Å². The highest BCUT2D eigenvalue weighted by Crippen LogP contribution is 2.36. The van der Waals surface area contributed by atoms with E-state index >= 15 is 4.39 Å². The second-order valence-corrected chi connectivity index (χ2v) is 10.3. The van der Waals surface area contributed by atoms with E-state index in [9.17, 15) is 14.0 Å². The van der Waals surface area contributed by atoms with Crippen LogP contribution >= 0.6 is 22.9 Å². The number of nitrogens with zero attached hydrogens (tertiary/aromatic N) is 1. The Kier molecular flexibility index (Phi) is 8.19. The summed E-state index contributed by atoms with van der Waals surface area (Å²) in [5.41, 5.74) is 0.921. The van der Waals surface area contributed by atoms with Gasteiger partial charge in [0.15, 0.2) is 0 Å². The molecule has 0 saturated heterocycles. The second kappa shape index (κ2) is 11.3. The Morgan fingerprint density at radius 2 is 1.83 bits per heavy atom. The molecule has 1 unspecified atom stereocenters. The van der Waals surface area contributed by atoms with E-state index in [1.165, 1.54) is 16.2 Å². The molecular formula is C27H27ClF2N2O2S. The smallest absolute Gasteiger partial charge is 0.248 e. The molecule has 0 bridgehead atoms. The molecule has 2 aromatic carbocycles. The van der Waals surface area contributed by atoms with Crippen LogP contribution in [0.2, 0.25) is 5.02 Å². The minimum absolute atomic E-state index is 0.00731. The molecule has 184 valence electrons. The fraction of sp³-hybridized carbons (Fsp3) is 0.333. The second-order valence-electron chi connectivity index (χ2n) is 8.86. The average Bonchev–Trinajstić information content (AvgIpc) is 3.34. The molecule has 1 N–H and O–H groups in total. The third-order valence-corrected chi connectivity index (χ3v) is 7.53. The van der Waals surface area contributed by atoms with Crippen molar-refractivity contribution >= 4 is 40.4 Å². The van der Waals surface area contributed by atoms with E-state index in [0.717, 1.165) is 54.7 Å². The quantitative estimate of drug-likeness (QED) is 0.353. The number of halogens is 3. The highest BCUT2D eigenvalue weighted by molar-refractivity contribution is 7.10. The fourth-order valence-electron chi connectivity index (χ4n) is 4.56. The lowest BCUT2D eigenvalue weighted by atomic mass is 9.94. The van der Waals surface area contributed by atoms with Crippen molar-refractivity contribution in [3.8, 4) is 0 Å². The average molecular weight is 517 g/mol. The van der Waals surface area contributed by atoms with E-state index in [-0.39, 0.29) is 18.0 Å². The molecule has 1 fully saturated rings. The topological polar surface area (TPSA) is 49.4 Å². The third kappa shape index (κ3) is 5.90. The number of nitrogens with one attached hydrogen (secondary N) is 1. The molecule has 0 spiro atoms. The van der Waals surface area contributed by atoms with Crippen LogP contribution in [-0.4, -0.2) is 17.9 Å². The predicted molar refractivity (Wildman–Crippen MR) is 136 cm³/mol. The van der Waals surface area contributed by atoms with E-state index in [4.69, 9.17) is 11.6 Å². The van der Waals surface area contributed by atoms with Crippen LogP contribution in [0, 0.1) is 18.6 Å². The molecule has 1 aliphatic carbocycles. The standard InChI is InChI=1S/C27H27ClF2N2O2S/c1-17-7-5-10-19(15-17)32(23(33)16-20-11-6-14-35-20)26(24-21(29)12-13-22(30)25(24)28)27(34)31-18-8-3-2-4-9-18/h5-7,10-15,18,26H,2-4,8-9,16H2,1H3,(H,31,34). The van der Waals surface area contributed by atoms with Gasteiger partial charge in [0.2, 0.25) is 11.8 Å². The van der Waals surface area contributed by atoms with E-state index in [0.29, 0.717) is 5.69 Å². The maximum Gasteiger partial charge on any atom is 0.248 e. The molecule has 1 atom stereocenters. The summed E-state index contributed by atoms with van der Waals surface area (Å²) < 4.78 is 29.8. The molecule has 4 rings (SSSR count). The molecule has 1 saturated carbocycles. The first-order valence-electron chi connectivity index (χ1n) is 11.7. The molecule has 8 heteroatoms. The molecule has 3 aromatic rings. The first-order chi connectivity index (χ1) is 16.8. The summed E-state index contributed by atoms with van der Waals surface area (Å²) >= 11 is 7.67. The van der Waals surface area contributed by atoms with Gasteiger partial charge in [-0.2, -0.15) is 0 Å². The van der Waals surface area contributed by atoms with E-state index in [1.54, 1.807) is 18.2 Å². The number of rotatable bonds is 7. The number of benzene rings is 2. The van der Waals surface area contributed by atoms with Crippen molar-refractivity contribution < 1.29 is 18.4 Å². The van der Waals surface area contributed by atoms with Crippen LogP contribution in [0.25, 0.3) is 0 Å². The number of thiophene rings is 1. The molecule has 4 nitrogen and oxygen atoms in total. The van der Waals surface area contributed by atoms with Gasteiger partial charge in [0, 0.05) is 22.2 Å². The van der Waals surface area contributed by atoms with Gasteiger partial charge in [0.1, 0.15) is 17.7 Å². The molecule has 0 aliphatic heterocycles. The van der Waals surface area contributed by atoms with Gasteiger partial charge in [-0.1, -0.05) is 49.1 Å². The number of carbonyl (C=O) groups is 2. The highest BCUT2D eigenvalue weighted by Gasteiger charge is 2.38. The van der Waals surface area contributed by atoms with E-state index in [2.05, 4.69) is 5.32 Å². The van der Waals surface area contributed by atoms with Crippen molar-refractivity contribution in [3.63, 3.8) is 0 Å². The van der Waals surface area contributed by atoms with Gasteiger partial charge in [-0.25, -0.2) is 8.78 Å². The minimum atomic E-state index is -1.48. The zero-order valence-electron chi connectivity index (χ0n) is 19.4. The Balaban J connectivity index is 1.84. The minimum Gasteiger partial charge on any atom is -0.351 e. The first-order valence-corrected chi connectivity index (χ1v) is 13.0. The molecular weight excluding hydrogens is 490 g/mol. The summed E-state index contributed by atoms with van der Waals surface area (Å²) in [6.07, 6.45) is 4.65. The van der Waals surface area contributed by atoms with Crippen molar-refractivity contribution in [3.05, 3.63) is 86.6 Å². The summed E-state index contributed by atoms with van der Waals surface area (Å²) in [6.45, 7) is 1.86. The van der Waals surface area contributed by atoms with Gasteiger partial charge in [0.05, 0.1) is 11.4 Å². The van der Waals surface area contributed by atoms with Crippen LogP contribution < -0.4 is 10.2 Å². The third-order valence-electron chi connectivity index (χ3n) is 6.27. The highest BCUT2D eigenvalue weighted by atomic mass is 35.5. The molecule has 2 amide bonds. The maximum atomic E-state index is 15.2. The van der Waals surface area contributed by atoms with Crippen LogP contribution in [0.3, 0.4) is 0 Å². The Hall–Kier alpha value is -2.77. The number of amides is 2. The van der Waals surface area contributed by atoms with Gasteiger partial charge < -0.3 is 5.32 Å². The van der Waals surface area contributed by atoms with Crippen LogP contribution in [0.15, 0.2) is 53.9 Å². The van der Waals surface area contributed by atoms with Crippen molar-refractivity contribution in [2.75, 3.05) is 4.90 Å². The Bertz CT molecular complexity index is 1200. The normalized spacial score (nSPS) is 15.0. The molecule has 35 heavy (non-hydrogen) atoms. The summed E-state index contributed by atoms with van der Waals surface area (Å²) in [5.74, 6) is -2.69. The Morgan fingerprint density at radius 3 is 2.51 bits per heavy atom. The predicted octanol–water partition coefficient (Wildman–Crippen LogP) is 6.75. The number of aryl methyl sites for hydroxylation is 1. The number of carbonyl (C=O) groups excluding carboxylic acids is 2. The number of hydrogen-bond donors (Lipinski definition) is 1. The number of hydrogen-bond acceptors (Lipinski definition) is 3. The lowest BCUT2D eigenvalue weighted by molar-refractivity contribution is -0.127. The molecule has 1 heterocycles. The Morgan fingerprint density at radius 1 is 1.09 bits per heavy atom. The van der Waals surface area contributed by atoms with Crippen molar-refractivity contribution in [1.82, 2.24) is 5.32 Å².